The molecule has 0 spiro atoms. The zero-order valence-electron chi connectivity index (χ0n) is 19.5. The molecule has 0 fully saturated rings. The highest BCUT2D eigenvalue weighted by atomic mass is 16.6. The average Bonchev–Trinajstić information content (AvgIpc) is 2.93. The molecule has 0 aliphatic carbocycles. The summed E-state index contributed by atoms with van der Waals surface area (Å²) in [7, 11) is 0. The van der Waals surface area contributed by atoms with Gasteiger partial charge < -0.3 is 24.1 Å². The smallest absolute Gasteiger partial charge is 0.338 e. The molecule has 0 saturated carbocycles. The zero-order valence-corrected chi connectivity index (χ0v) is 19.5. The van der Waals surface area contributed by atoms with Crippen LogP contribution in [0.1, 0.15) is 51.8 Å². The Morgan fingerprint density at radius 3 is 1.00 bits per heavy atom. The first-order chi connectivity index (χ1) is 17.8. The maximum absolute atomic E-state index is 12.2. The summed E-state index contributed by atoms with van der Waals surface area (Å²) in [5.74, 6) is -3.67. The number of benzene rings is 3. The Labute approximate surface area is 211 Å². The maximum atomic E-state index is 12.2. The van der Waals surface area contributed by atoms with Crippen LogP contribution >= 0.6 is 0 Å². The molecule has 0 atom stereocenters. The van der Waals surface area contributed by atoms with Crippen molar-refractivity contribution in [2.24, 2.45) is 0 Å². The quantitative estimate of drug-likeness (QED) is 0.233. The molecule has 0 aromatic heterocycles. The third kappa shape index (κ3) is 8.03. The van der Waals surface area contributed by atoms with Crippen LogP contribution in [0, 0.1) is 0 Å². The number of aromatic carboxylic acids is 1. The van der Waals surface area contributed by atoms with Crippen molar-refractivity contribution in [3.63, 3.8) is 0 Å². The van der Waals surface area contributed by atoms with Gasteiger partial charge in [-0.3, -0.25) is 0 Å². The van der Waals surface area contributed by atoms with Gasteiger partial charge >= 0.3 is 29.8 Å². The molecule has 10 nitrogen and oxygen atoms in total. The molecule has 0 saturated heterocycles. The highest BCUT2D eigenvalue weighted by Gasteiger charge is 2.13. The number of hydrogen-bond donors (Lipinski definition) is 1. The van der Waals surface area contributed by atoms with Crippen molar-refractivity contribution in [3.05, 3.63) is 107 Å². The Kier molecular flexibility index (Phi) is 9.49. The van der Waals surface area contributed by atoms with Crippen molar-refractivity contribution in [3.8, 4) is 0 Å². The summed E-state index contributed by atoms with van der Waals surface area (Å²) < 4.78 is 20.1. The molecule has 3 rings (SSSR count). The van der Waals surface area contributed by atoms with Crippen molar-refractivity contribution in [1.29, 1.82) is 0 Å². The Bertz CT molecular complexity index is 1250. The molecule has 10 heteroatoms. The summed E-state index contributed by atoms with van der Waals surface area (Å²) in [4.78, 5) is 58.9. The molecule has 190 valence electrons. The highest BCUT2D eigenvalue weighted by molar-refractivity contribution is 5.94. The topological polar surface area (TPSA) is 142 Å². The predicted molar refractivity (Wildman–Crippen MR) is 127 cm³/mol. The molecule has 0 amide bonds. The fraction of sp³-hybridized carbons (Fsp3) is 0.148. The molecular formula is C27H22O10. The first kappa shape index (κ1) is 26.6. The number of esters is 4. The minimum atomic E-state index is -1.11. The van der Waals surface area contributed by atoms with E-state index in [0.29, 0.717) is 5.56 Å². The number of carbonyl (C=O) groups excluding carboxylic acids is 4. The summed E-state index contributed by atoms with van der Waals surface area (Å²) in [5, 5.41) is 8.87. The van der Waals surface area contributed by atoms with Gasteiger partial charge in [0.25, 0.3) is 0 Å². The van der Waals surface area contributed by atoms with Crippen molar-refractivity contribution >= 4 is 29.8 Å². The second-order valence-corrected chi connectivity index (χ2v) is 7.37. The molecule has 0 heterocycles. The normalized spacial score (nSPS) is 10.2. The Hall–Kier alpha value is -4.99. The van der Waals surface area contributed by atoms with Gasteiger partial charge in [-0.2, -0.15) is 0 Å². The standard InChI is InChI=1S/C27H22O10/c28-23(29)18-6-8-20(9-7-18)25(31)35-16-17-37-27(33)22-12-10-21(11-13-22)26(32)36-15-14-34-24(30)19-4-2-1-3-5-19/h1-13H,14-17H2,(H,28,29). The van der Waals surface area contributed by atoms with Gasteiger partial charge in [0, 0.05) is 0 Å². The lowest BCUT2D eigenvalue weighted by atomic mass is 10.1. The van der Waals surface area contributed by atoms with Gasteiger partial charge in [-0.05, 0) is 60.7 Å². The Morgan fingerprint density at radius 2 is 0.703 bits per heavy atom. The Balaban J connectivity index is 1.35. The number of carboxylic acid groups (broad SMARTS) is 1. The largest absolute Gasteiger partial charge is 0.478 e. The van der Waals surface area contributed by atoms with Gasteiger partial charge in [-0.25, -0.2) is 24.0 Å². The van der Waals surface area contributed by atoms with Crippen LogP contribution in [-0.4, -0.2) is 61.4 Å². The number of rotatable bonds is 11. The van der Waals surface area contributed by atoms with E-state index in [4.69, 9.17) is 24.1 Å². The van der Waals surface area contributed by atoms with E-state index in [1.165, 1.54) is 48.5 Å². The highest BCUT2D eigenvalue weighted by Crippen LogP contribution is 2.09. The Morgan fingerprint density at radius 1 is 0.432 bits per heavy atom. The van der Waals surface area contributed by atoms with Gasteiger partial charge in [0.2, 0.25) is 0 Å². The van der Waals surface area contributed by atoms with Crippen molar-refractivity contribution < 1.29 is 48.0 Å². The average molecular weight is 506 g/mol. The van der Waals surface area contributed by atoms with Crippen LogP contribution in [0.5, 0.6) is 0 Å². The van der Waals surface area contributed by atoms with Gasteiger partial charge in [0.15, 0.2) is 0 Å². The van der Waals surface area contributed by atoms with Crippen LogP contribution in [0.3, 0.4) is 0 Å². The second-order valence-electron chi connectivity index (χ2n) is 7.37. The van der Waals surface area contributed by atoms with Crippen LogP contribution in [0.25, 0.3) is 0 Å². The lowest BCUT2D eigenvalue weighted by molar-refractivity contribution is 0.0263. The van der Waals surface area contributed by atoms with E-state index in [0.717, 1.165) is 0 Å². The van der Waals surface area contributed by atoms with Crippen LogP contribution in [0.15, 0.2) is 78.9 Å². The van der Waals surface area contributed by atoms with Gasteiger partial charge in [-0.15, -0.1) is 0 Å². The third-order valence-corrected chi connectivity index (χ3v) is 4.83. The summed E-state index contributed by atoms with van der Waals surface area (Å²) >= 11 is 0. The fourth-order valence-electron chi connectivity index (χ4n) is 2.94. The third-order valence-electron chi connectivity index (χ3n) is 4.83. The first-order valence-corrected chi connectivity index (χ1v) is 11.0. The molecule has 0 aliphatic rings. The van der Waals surface area contributed by atoms with E-state index in [-0.39, 0.29) is 48.7 Å². The molecule has 37 heavy (non-hydrogen) atoms. The molecule has 0 unspecified atom stereocenters. The minimum absolute atomic E-state index is 0.0362. The molecule has 1 N–H and O–H groups in total. The lowest BCUT2D eigenvalue weighted by Gasteiger charge is -2.08. The first-order valence-electron chi connectivity index (χ1n) is 11.0. The minimum Gasteiger partial charge on any atom is -0.478 e. The van der Waals surface area contributed by atoms with Gasteiger partial charge in [0.05, 0.1) is 27.8 Å². The summed E-state index contributed by atoms with van der Waals surface area (Å²) in [5.41, 5.74) is 0.946. The van der Waals surface area contributed by atoms with E-state index in [1.807, 2.05) is 0 Å². The van der Waals surface area contributed by atoms with Crippen molar-refractivity contribution in [1.82, 2.24) is 0 Å². The predicted octanol–water partition coefficient (Wildman–Crippen LogP) is 3.41. The van der Waals surface area contributed by atoms with Crippen molar-refractivity contribution in [2.45, 2.75) is 0 Å². The second kappa shape index (κ2) is 13.2. The van der Waals surface area contributed by atoms with E-state index in [1.54, 1.807) is 30.3 Å². The summed E-state index contributed by atoms with van der Waals surface area (Å²) in [6.45, 7) is -0.653. The van der Waals surface area contributed by atoms with E-state index >= 15 is 0 Å². The summed E-state index contributed by atoms with van der Waals surface area (Å²) in [6.07, 6.45) is 0. The summed E-state index contributed by atoms with van der Waals surface area (Å²) in [6, 6.07) is 19.1. The molecular weight excluding hydrogens is 484 g/mol. The SMILES string of the molecule is O=C(O)c1ccc(C(=O)OCCOC(=O)c2ccc(C(=O)OCCOC(=O)c3ccccc3)cc2)cc1. The molecule has 3 aromatic carbocycles. The van der Waals surface area contributed by atoms with Crippen LogP contribution in [-0.2, 0) is 18.9 Å². The number of carbonyl (C=O) groups is 5. The van der Waals surface area contributed by atoms with Crippen LogP contribution < -0.4 is 0 Å². The van der Waals surface area contributed by atoms with E-state index in [9.17, 15) is 24.0 Å². The lowest BCUT2D eigenvalue weighted by Crippen LogP contribution is -2.15. The van der Waals surface area contributed by atoms with Gasteiger partial charge in [-0.1, -0.05) is 18.2 Å². The van der Waals surface area contributed by atoms with Gasteiger partial charge in [0.1, 0.15) is 26.4 Å². The number of ether oxygens (including phenoxy) is 4. The molecule has 0 bridgehead atoms. The monoisotopic (exact) mass is 506 g/mol. The van der Waals surface area contributed by atoms with Crippen LogP contribution in [0.4, 0.5) is 0 Å². The van der Waals surface area contributed by atoms with Crippen molar-refractivity contribution in [2.75, 3.05) is 26.4 Å². The number of carboxylic acids is 1. The number of hydrogen-bond acceptors (Lipinski definition) is 9. The zero-order chi connectivity index (χ0) is 26.6. The molecule has 3 aromatic rings. The molecule has 0 radical (unpaired) electrons. The molecule has 0 aliphatic heterocycles. The fourth-order valence-corrected chi connectivity index (χ4v) is 2.94. The van der Waals surface area contributed by atoms with E-state index < -0.39 is 29.8 Å². The van der Waals surface area contributed by atoms with Crippen LogP contribution in [0.2, 0.25) is 0 Å². The maximum Gasteiger partial charge on any atom is 0.338 e. The van der Waals surface area contributed by atoms with E-state index in [2.05, 4.69) is 0 Å².